The van der Waals surface area contributed by atoms with E-state index >= 15 is 0 Å². The molecule has 5 nitrogen and oxygen atoms in total. The number of para-hydroxylation sites is 3. The SMILES string of the molecule is c1ccc(-c2nc(-c3ccccc3)nc(-c3ccc4c(c3)sc3ccc(-c5ccc6c(c5)c5ccccc5n6-c5ccc6c(c5)c5ccccc5n6-c5ccccc5)cc34)n2)cc1. The number of hydrogen-bond donors (Lipinski definition) is 0. The van der Waals surface area contributed by atoms with Gasteiger partial charge in [-0.05, 0) is 83.9 Å². The molecule has 9 aromatic carbocycles. The Morgan fingerprint density at radius 3 is 1.40 bits per heavy atom. The number of hydrogen-bond acceptors (Lipinski definition) is 4. The molecule has 0 atom stereocenters. The number of nitrogens with zero attached hydrogens (tertiary/aromatic N) is 5. The van der Waals surface area contributed by atoms with Crippen molar-refractivity contribution in [3.63, 3.8) is 0 Å². The Bertz CT molecular complexity index is 3850. The van der Waals surface area contributed by atoms with Crippen molar-refractivity contribution in [3.05, 3.63) is 212 Å². The number of thiophene rings is 1. The van der Waals surface area contributed by atoms with Gasteiger partial charge in [0.1, 0.15) is 0 Å². The lowest BCUT2D eigenvalue weighted by atomic mass is 10.0. The summed E-state index contributed by atoms with van der Waals surface area (Å²) in [6.07, 6.45) is 0. The van der Waals surface area contributed by atoms with Gasteiger partial charge in [-0.2, -0.15) is 0 Å². The molecule has 0 fully saturated rings. The molecule has 0 amide bonds. The molecule has 0 saturated carbocycles. The van der Waals surface area contributed by atoms with Crippen LogP contribution in [0, 0.1) is 0 Å². The monoisotopic (exact) mass is 821 g/mol. The number of benzene rings is 9. The number of rotatable bonds is 6. The van der Waals surface area contributed by atoms with Gasteiger partial charge in [0.05, 0.1) is 22.1 Å². The molecule has 0 aliphatic heterocycles. The zero-order valence-corrected chi connectivity index (χ0v) is 34.7. The predicted octanol–water partition coefficient (Wildman–Crippen LogP) is 15.1. The second kappa shape index (κ2) is 14.2. The highest BCUT2D eigenvalue weighted by Gasteiger charge is 2.18. The average molecular weight is 822 g/mol. The highest BCUT2D eigenvalue weighted by atomic mass is 32.1. The van der Waals surface area contributed by atoms with E-state index in [0.29, 0.717) is 17.5 Å². The molecule has 6 heteroatoms. The Kier molecular flexibility index (Phi) is 8.01. The summed E-state index contributed by atoms with van der Waals surface area (Å²) < 4.78 is 7.24. The molecule has 0 aliphatic carbocycles. The summed E-state index contributed by atoms with van der Waals surface area (Å²) >= 11 is 1.81. The van der Waals surface area contributed by atoms with Crippen molar-refractivity contribution in [1.29, 1.82) is 0 Å². The van der Waals surface area contributed by atoms with Crippen LogP contribution in [0.1, 0.15) is 0 Å². The van der Waals surface area contributed by atoms with E-state index in [1.54, 1.807) is 11.3 Å². The quantitative estimate of drug-likeness (QED) is 0.168. The third kappa shape index (κ3) is 5.80. The number of fused-ring (bicyclic) bond motifs is 9. The Morgan fingerprint density at radius 2 is 0.746 bits per heavy atom. The Hall–Kier alpha value is -8.19. The molecular weight excluding hydrogens is 787 g/mol. The Labute approximate surface area is 366 Å². The second-order valence-electron chi connectivity index (χ2n) is 16.0. The van der Waals surface area contributed by atoms with E-state index in [-0.39, 0.29) is 0 Å². The largest absolute Gasteiger partial charge is 0.309 e. The molecule has 0 bridgehead atoms. The fourth-order valence-electron chi connectivity index (χ4n) is 9.42. The molecule has 4 aromatic heterocycles. The fraction of sp³-hybridized carbons (Fsp3) is 0. The topological polar surface area (TPSA) is 48.5 Å². The minimum Gasteiger partial charge on any atom is -0.309 e. The summed E-state index contributed by atoms with van der Waals surface area (Å²) in [5.41, 5.74) is 12.4. The maximum Gasteiger partial charge on any atom is 0.164 e. The highest BCUT2D eigenvalue weighted by molar-refractivity contribution is 7.25. The van der Waals surface area contributed by atoms with Crippen LogP contribution in [-0.2, 0) is 0 Å². The third-order valence-electron chi connectivity index (χ3n) is 12.4. The van der Waals surface area contributed by atoms with Crippen molar-refractivity contribution in [2.24, 2.45) is 0 Å². The summed E-state index contributed by atoms with van der Waals surface area (Å²) in [6, 6.07) is 75.8. The standard InChI is InChI=1S/C57H35N5S/c1-4-14-36(15-5-1)55-58-56(37-16-6-2-7-17-37)60-57(59-55)40-24-28-45-48-33-39(26-31-53(48)63-54(45)34-40)38-25-29-51-46(32-38)43-20-10-13-23-50(43)62(51)42-27-30-52-47(35-42)44-21-11-12-22-49(44)61(52)41-18-8-3-9-19-41/h1-35H. The molecule has 0 spiro atoms. The zero-order chi connectivity index (χ0) is 41.4. The molecular formula is C57H35N5S. The lowest BCUT2D eigenvalue weighted by Gasteiger charge is -2.10. The van der Waals surface area contributed by atoms with Gasteiger partial charge in [-0.3, -0.25) is 0 Å². The summed E-state index contributed by atoms with van der Waals surface area (Å²) in [6.45, 7) is 0. The lowest BCUT2D eigenvalue weighted by Crippen LogP contribution is -1.99. The maximum absolute atomic E-state index is 5.00. The highest BCUT2D eigenvalue weighted by Crippen LogP contribution is 2.41. The van der Waals surface area contributed by atoms with Crippen molar-refractivity contribution in [2.45, 2.75) is 0 Å². The van der Waals surface area contributed by atoms with E-state index in [0.717, 1.165) is 28.1 Å². The van der Waals surface area contributed by atoms with E-state index < -0.39 is 0 Å². The average Bonchev–Trinajstić information content (AvgIpc) is 4.01. The van der Waals surface area contributed by atoms with Gasteiger partial charge in [-0.25, -0.2) is 15.0 Å². The van der Waals surface area contributed by atoms with E-state index in [2.05, 4.69) is 161 Å². The lowest BCUT2D eigenvalue weighted by molar-refractivity contribution is 1.07. The Balaban J connectivity index is 0.906. The molecule has 0 saturated heterocycles. The second-order valence-corrected chi connectivity index (χ2v) is 17.1. The molecule has 4 heterocycles. The van der Waals surface area contributed by atoms with Crippen molar-refractivity contribution in [2.75, 3.05) is 0 Å². The maximum atomic E-state index is 5.00. The molecule has 13 aromatic rings. The molecule has 63 heavy (non-hydrogen) atoms. The summed E-state index contributed by atoms with van der Waals surface area (Å²) in [5.74, 6) is 1.98. The summed E-state index contributed by atoms with van der Waals surface area (Å²) in [7, 11) is 0. The van der Waals surface area contributed by atoms with Gasteiger partial charge >= 0.3 is 0 Å². The van der Waals surface area contributed by atoms with Crippen molar-refractivity contribution in [1.82, 2.24) is 24.1 Å². The molecule has 0 aliphatic rings. The van der Waals surface area contributed by atoms with Crippen LogP contribution >= 0.6 is 11.3 Å². The first-order chi connectivity index (χ1) is 31.2. The van der Waals surface area contributed by atoms with E-state index in [1.807, 2.05) is 60.7 Å². The van der Waals surface area contributed by atoms with Gasteiger partial charge in [0.2, 0.25) is 0 Å². The first kappa shape index (κ1) is 35.6. The van der Waals surface area contributed by atoms with Crippen LogP contribution in [0.25, 0.3) is 120 Å². The molecule has 13 rings (SSSR count). The summed E-state index contributed by atoms with van der Waals surface area (Å²) in [5, 5.41) is 7.42. The van der Waals surface area contributed by atoms with Crippen molar-refractivity contribution >= 4 is 75.1 Å². The van der Waals surface area contributed by atoms with Gasteiger partial charge < -0.3 is 9.13 Å². The summed E-state index contributed by atoms with van der Waals surface area (Å²) in [4.78, 5) is 14.9. The molecule has 0 radical (unpaired) electrons. The fourth-order valence-corrected chi connectivity index (χ4v) is 10.5. The predicted molar refractivity (Wildman–Crippen MR) is 263 cm³/mol. The molecule has 0 N–H and O–H groups in total. The third-order valence-corrected chi connectivity index (χ3v) is 13.5. The Morgan fingerprint density at radius 1 is 0.270 bits per heavy atom. The normalized spacial score (nSPS) is 11.8. The van der Waals surface area contributed by atoms with Crippen LogP contribution in [0.4, 0.5) is 0 Å². The first-order valence-corrected chi connectivity index (χ1v) is 22.0. The number of aromatic nitrogens is 5. The van der Waals surface area contributed by atoms with Gasteiger partial charge in [-0.15, -0.1) is 11.3 Å². The van der Waals surface area contributed by atoms with Crippen LogP contribution in [0.2, 0.25) is 0 Å². The van der Waals surface area contributed by atoms with Gasteiger partial charge in [0.15, 0.2) is 17.5 Å². The van der Waals surface area contributed by atoms with E-state index in [9.17, 15) is 0 Å². The smallest absolute Gasteiger partial charge is 0.164 e. The van der Waals surface area contributed by atoms with Crippen LogP contribution < -0.4 is 0 Å². The van der Waals surface area contributed by atoms with Crippen molar-refractivity contribution in [3.8, 4) is 56.7 Å². The minimum atomic E-state index is 0.661. The first-order valence-electron chi connectivity index (χ1n) is 21.2. The molecule has 294 valence electrons. The van der Waals surface area contributed by atoms with Crippen LogP contribution in [0.5, 0.6) is 0 Å². The van der Waals surface area contributed by atoms with E-state index in [4.69, 9.17) is 15.0 Å². The minimum absolute atomic E-state index is 0.661. The molecule has 0 unspecified atom stereocenters. The van der Waals surface area contributed by atoms with Gasteiger partial charge in [0.25, 0.3) is 0 Å². The van der Waals surface area contributed by atoms with Crippen LogP contribution in [0.3, 0.4) is 0 Å². The van der Waals surface area contributed by atoms with Crippen LogP contribution in [0.15, 0.2) is 212 Å². The van der Waals surface area contributed by atoms with Crippen molar-refractivity contribution < 1.29 is 0 Å². The van der Waals surface area contributed by atoms with Gasteiger partial charge in [-0.1, -0.05) is 140 Å². The zero-order valence-electron chi connectivity index (χ0n) is 33.9. The van der Waals surface area contributed by atoms with Crippen LogP contribution in [-0.4, -0.2) is 24.1 Å². The van der Waals surface area contributed by atoms with E-state index in [1.165, 1.54) is 74.9 Å². The van der Waals surface area contributed by atoms with Gasteiger partial charge in [0, 0.05) is 69.8 Å².